The van der Waals surface area contributed by atoms with Crippen molar-refractivity contribution in [1.29, 1.82) is 0 Å². The van der Waals surface area contributed by atoms with E-state index in [0.29, 0.717) is 23.4 Å². The Labute approximate surface area is 240 Å². The summed E-state index contributed by atoms with van der Waals surface area (Å²) in [5.41, 5.74) is 1.26. The molecule has 1 aliphatic heterocycles. The lowest BCUT2D eigenvalue weighted by atomic mass is 9.86. The summed E-state index contributed by atoms with van der Waals surface area (Å²) in [6.07, 6.45) is 0.696. The number of ether oxygens (including phenoxy) is 1. The fourth-order valence-electron chi connectivity index (χ4n) is 5.48. The third-order valence-corrected chi connectivity index (χ3v) is 7.13. The fraction of sp³-hybridized carbons (Fsp3) is 0.344. The van der Waals surface area contributed by atoms with E-state index < -0.39 is 35.4 Å². The first-order valence-electron chi connectivity index (χ1n) is 13.6. The highest BCUT2D eigenvalue weighted by atomic mass is 19.1. The molecular formula is C32H37FN4O4. The molecule has 0 spiro atoms. The Hall–Kier alpha value is -4.40. The Balaban J connectivity index is 1.78. The van der Waals surface area contributed by atoms with Crippen LogP contribution >= 0.6 is 0 Å². The van der Waals surface area contributed by atoms with Crippen LogP contribution in [0.3, 0.4) is 0 Å². The first-order chi connectivity index (χ1) is 19.5. The molecule has 3 aromatic carbocycles. The molecule has 216 valence electrons. The van der Waals surface area contributed by atoms with Crippen LogP contribution in [0.2, 0.25) is 0 Å². The molecule has 41 heavy (non-hydrogen) atoms. The Morgan fingerprint density at radius 2 is 1.63 bits per heavy atom. The van der Waals surface area contributed by atoms with Gasteiger partial charge in [-0.15, -0.1) is 0 Å². The van der Waals surface area contributed by atoms with Crippen molar-refractivity contribution in [3.63, 3.8) is 0 Å². The predicted octanol–water partition coefficient (Wildman–Crippen LogP) is 6.03. The minimum Gasteiger partial charge on any atom is -0.497 e. The van der Waals surface area contributed by atoms with Crippen LogP contribution in [-0.4, -0.2) is 46.6 Å². The zero-order valence-electron chi connectivity index (χ0n) is 24.1. The van der Waals surface area contributed by atoms with Gasteiger partial charge in [0.2, 0.25) is 5.91 Å². The molecule has 0 radical (unpaired) electrons. The monoisotopic (exact) mass is 560 g/mol. The summed E-state index contributed by atoms with van der Waals surface area (Å²) >= 11 is 0. The molecule has 3 aromatic rings. The molecule has 1 fully saturated rings. The number of carbonyl (C=O) groups excluding carboxylic acids is 3. The average Bonchev–Trinajstić information content (AvgIpc) is 3.05. The topological polar surface area (TPSA) is 91.0 Å². The van der Waals surface area contributed by atoms with Gasteiger partial charge < -0.3 is 15.4 Å². The van der Waals surface area contributed by atoms with Gasteiger partial charge >= 0.3 is 6.03 Å². The van der Waals surface area contributed by atoms with E-state index in [4.69, 9.17) is 4.74 Å². The van der Waals surface area contributed by atoms with E-state index in [9.17, 15) is 18.8 Å². The third-order valence-electron chi connectivity index (χ3n) is 7.13. The van der Waals surface area contributed by atoms with E-state index in [0.717, 1.165) is 5.56 Å². The molecule has 1 saturated heterocycles. The maximum absolute atomic E-state index is 14.5. The van der Waals surface area contributed by atoms with Crippen LogP contribution in [0.4, 0.5) is 14.9 Å². The van der Waals surface area contributed by atoms with Crippen LogP contribution in [0.25, 0.3) is 0 Å². The molecule has 0 saturated carbocycles. The van der Waals surface area contributed by atoms with E-state index in [2.05, 4.69) is 10.6 Å². The lowest BCUT2D eigenvalue weighted by Crippen LogP contribution is -2.61. The summed E-state index contributed by atoms with van der Waals surface area (Å²) < 4.78 is 19.8. The molecule has 8 nitrogen and oxygen atoms in total. The molecule has 1 aliphatic rings. The Bertz CT molecular complexity index is 1390. The van der Waals surface area contributed by atoms with Gasteiger partial charge in [-0.1, -0.05) is 48.5 Å². The molecule has 3 unspecified atom stereocenters. The smallest absolute Gasteiger partial charge is 0.319 e. The largest absolute Gasteiger partial charge is 0.497 e. The number of carbonyl (C=O) groups is 3. The van der Waals surface area contributed by atoms with Crippen molar-refractivity contribution in [1.82, 2.24) is 15.3 Å². The summed E-state index contributed by atoms with van der Waals surface area (Å²) in [6, 6.07) is 20.5. The number of anilines is 1. The maximum atomic E-state index is 14.5. The van der Waals surface area contributed by atoms with Crippen LogP contribution in [0.1, 0.15) is 63.6 Å². The lowest BCUT2D eigenvalue weighted by molar-refractivity contribution is -0.181. The number of nitrogens with zero attached hydrogens (tertiary/aromatic N) is 2. The highest BCUT2D eigenvalue weighted by Crippen LogP contribution is 2.41. The SMILES string of the molecule is COc1cccc(NC(=O)NC2CC(c3ccccc3)CC(c3cccc(F)c3)N(N(C(C)=O)C(C)(C)C)C2=O)c1. The van der Waals surface area contributed by atoms with Crippen molar-refractivity contribution >= 4 is 23.5 Å². The fourth-order valence-corrected chi connectivity index (χ4v) is 5.48. The van der Waals surface area contributed by atoms with Crippen LogP contribution in [0.15, 0.2) is 78.9 Å². The van der Waals surface area contributed by atoms with E-state index in [-0.39, 0.29) is 18.2 Å². The quantitative estimate of drug-likeness (QED) is 0.385. The van der Waals surface area contributed by atoms with E-state index >= 15 is 0 Å². The number of hydrogen-bond acceptors (Lipinski definition) is 4. The number of nitrogens with one attached hydrogen (secondary N) is 2. The average molecular weight is 561 g/mol. The molecule has 0 aromatic heterocycles. The van der Waals surface area contributed by atoms with Gasteiger partial charge in [0.25, 0.3) is 5.91 Å². The second-order valence-electron chi connectivity index (χ2n) is 11.2. The van der Waals surface area contributed by atoms with Crippen LogP contribution in [0.5, 0.6) is 5.75 Å². The standard InChI is InChI=1S/C32H37FN4O4/c1-21(38)37(32(2,3)4)36-29(23-13-9-14-25(33)17-23)19-24(22-11-7-6-8-12-22)18-28(30(36)39)35-31(40)34-26-15-10-16-27(20-26)41-5/h6-17,20,24,28-29H,18-19H2,1-5H3,(H2,34,35,40). The molecule has 4 rings (SSSR count). The van der Waals surface area contributed by atoms with Gasteiger partial charge in [-0.3, -0.25) is 9.59 Å². The van der Waals surface area contributed by atoms with E-state index in [1.165, 1.54) is 36.2 Å². The predicted molar refractivity (Wildman–Crippen MR) is 156 cm³/mol. The number of halogens is 1. The summed E-state index contributed by atoms with van der Waals surface area (Å²) in [6.45, 7) is 6.91. The second-order valence-corrected chi connectivity index (χ2v) is 11.2. The van der Waals surface area contributed by atoms with Gasteiger partial charge in [-0.25, -0.2) is 19.2 Å². The number of hydrazine groups is 1. The van der Waals surface area contributed by atoms with Crippen molar-refractivity contribution in [2.24, 2.45) is 0 Å². The highest BCUT2D eigenvalue weighted by molar-refractivity contribution is 5.94. The van der Waals surface area contributed by atoms with Gasteiger partial charge in [0.05, 0.1) is 18.7 Å². The molecule has 4 amide bonds. The highest BCUT2D eigenvalue weighted by Gasteiger charge is 2.45. The van der Waals surface area contributed by atoms with Gasteiger partial charge in [0, 0.05) is 18.7 Å². The minimum atomic E-state index is -0.978. The summed E-state index contributed by atoms with van der Waals surface area (Å²) in [4.78, 5) is 40.8. The molecular weight excluding hydrogens is 523 g/mol. The summed E-state index contributed by atoms with van der Waals surface area (Å²) in [5, 5.41) is 8.49. The van der Waals surface area contributed by atoms with Crippen molar-refractivity contribution in [2.75, 3.05) is 12.4 Å². The summed E-state index contributed by atoms with van der Waals surface area (Å²) in [5.74, 6) is -0.848. The Kier molecular flexibility index (Phi) is 8.95. The van der Waals surface area contributed by atoms with Crippen LogP contribution < -0.4 is 15.4 Å². The maximum Gasteiger partial charge on any atom is 0.319 e. The first kappa shape index (κ1) is 29.6. The normalized spacial score (nSPS) is 19.2. The lowest BCUT2D eigenvalue weighted by Gasteiger charge is -2.47. The van der Waals surface area contributed by atoms with Gasteiger partial charge in [0.1, 0.15) is 17.6 Å². The van der Waals surface area contributed by atoms with Crippen molar-refractivity contribution in [3.8, 4) is 5.75 Å². The Morgan fingerprint density at radius 3 is 2.27 bits per heavy atom. The second kappa shape index (κ2) is 12.4. The van der Waals surface area contributed by atoms with Gasteiger partial charge in [-0.05, 0) is 74.9 Å². The zero-order chi connectivity index (χ0) is 29.7. The van der Waals surface area contributed by atoms with Crippen molar-refractivity contribution in [3.05, 3.63) is 95.8 Å². The van der Waals surface area contributed by atoms with E-state index in [1.54, 1.807) is 36.4 Å². The molecule has 2 N–H and O–H groups in total. The number of hydrogen-bond donors (Lipinski definition) is 2. The Morgan fingerprint density at radius 1 is 0.951 bits per heavy atom. The summed E-state index contributed by atoms with van der Waals surface area (Å²) in [7, 11) is 1.53. The van der Waals surface area contributed by atoms with E-state index in [1.807, 2.05) is 51.1 Å². The molecule has 0 bridgehead atoms. The van der Waals surface area contributed by atoms with Crippen LogP contribution in [-0.2, 0) is 9.59 Å². The number of benzene rings is 3. The zero-order valence-corrected chi connectivity index (χ0v) is 24.1. The number of rotatable bonds is 6. The van der Waals surface area contributed by atoms with Crippen molar-refractivity contribution < 1.29 is 23.5 Å². The molecule has 9 heteroatoms. The first-order valence-corrected chi connectivity index (χ1v) is 13.6. The van der Waals surface area contributed by atoms with Crippen molar-refractivity contribution in [2.45, 2.75) is 64.1 Å². The number of amides is 4. The number of methoxy groups -OCH3 is 1. The third kappa shape index (κ3) is 7.03. The number of urea groups is 1. The van der Waals surface area contributed by atoms with Crippen LogP contribution in [0, 0.1) is 5.82 Å². The van der Waals surface area contributed by atoms with Gasteiger partial charge in [0.15, 0.2) is 0 Å². The molecule has 1 heterocycles. The molecule has 3 atom stereocenters. The molecule has 0 aliphatic carbocycles. The van der Waals surface area contributed by atoms with Gasteiger partial charge in [-0.2, -0.15) is 0 Å². The minimum absolute atomic E-state index is 0.186.